The molecule has 0 radical (unpaired) electrons. The van der Waals surface area contributed by atoms with E-state index in [4.69, 9.17) is 0 Å². The van der Waals surface area contributed by atoms with Crippen LogP contribution in [-0.4, -0.2) is 35.6 Å². The van der Waals surface area contributed by atoms with E-state index in [0.29, 0.717) is 0 Å². The molecule has 1 aromatic heterocycles. The largest absolute Gasteiger partial charge is 0.353 e. The lowest BCUT2D eigenvalue weighted by Crippen LogP contribution is -2.31. The second-order valence-electron chi connectivity index (χ2n) is 5.35. The Morgan fingerprint density at radius 2 is 2.12 bits per heavy atom. The van der Waals surface area contributed by atoms with Crippen LogP contribution < -0.4 is 5.32 Å². The predicted molar refractivity (Wildman–Crippen MR) is 72.0 cm³/mol. The lowest BCUT2D eigenvalue weighted by molar-refractivity contribution is 0.282. The van der Waals surface area contributed by atoms with Gasteiger partial charge in [0.15, 0.2) is 0 Å². The van der Waals surface area contributed by atoms with Crippen molar-refractivity contribution in [3.63, 3.8) is 0 Å². The lowest BCUT2D eigenvalue weighted by Gasteiger charge is -2.20. The van der Waals surface area contributed by atoms with Gasteiger partial charge in [-0.25, -0.2) is 0 Å². The molecule has 1 aliphatic heterocycles. The minimum atomic E-state index is 0.744. The van der Waals surface area contributed by atoms with E-state index in [1.165, 1.54) is 38.2 Å². The Balaban J connectivity index is 1.62. The second-order valence-corrected chi connectivity index (χ2v) is 5.35. The van der Waals surface area contributed by atoms with Gasteiger partial charge in [-0.1, -0.05) is 6.92 Å². The first-order valence-corrected chi connectivity index (χ1v) is 6.79. The van der Waals surface area contributed by atoms with E-state index in [-0.39, 0.29) is 0 Å². The van der Waals surface area contributed by atoms with Crippen molar-refractivity contribution < 1.29 is 0 Å². The van der Waals surface area contributed by atoms with Crippen LogP contribution in [0.2, 0.25) is 0 Å². The maximum absolute atomic E-state index is 3.55. The quantitative estimate of drug-likeness (QED) is 0.812. The van der Waals surface area contributed by atoms with Crippen LogP contribution >= 0.6 is 0 Å². The molecule has 96 valence electrons. The van der Waals surface area contributed by atoms with Crippen molar-refractivity contribution >= 4 is 0 Å². The molecule has 1 N–H and O–H groups in total. The van der Waals surface area contributed by atoms with E-state index >= 15 is 0 Å². The fourth-order valence-electron chi connectivity index (χ4n) is 2.60. The smallest absolute Gasteiger partial charge is 0.0359 e. The van der Waals surface area contributed by atoms with Gasteiger partial charge in [-0.2, -0.15) is 0 Å². The highest BCUT2D eigenvalue weighted by molar-refractivity contribution is 5.05. The molecule has 3 nitrogen and oxygen atoms in total. The Kier molecular flexibility index (Phi) is 4.63. The molecule has 0 saturated carbocycles. The van der Waals surface area contributed by atoms with Gasteiger partial charge >= 0.3 is 0 Å². The number of nitrogens with zero attached hydrogens (tertiary/aromatic N) is 2. The number of hydrogen-bond donors (Lipinski definition) is 1. The zero-order chi connectivity index (χ0) is 12.1. The molecule has 2 rings (SSSR count). The number of nitrogens with one attached hydrogen (secondary N) is 1. The van der Waals surface area contributed by atoms with Gasteiger partial charge in [0.05, 0.1) is 0 Å². The first kappa shape index (κ1) is 12.7. The summed E-state index contributed by atoms with van der Waals surface area (Å²) in [4.78, 5) is 2.59. The molecule has 1 atom stereocenters. The Labute approximate surface area is 105 Å². The fourth-order valence-corrected chi connectivity index (χ4v) is 2.60. The molecule has 0 spiro atoms. The summed E-state index contributed by atoms with van der Waals surface area (Å²) < 4.78 is 2.18. The fraction of sp³-hybridized carbons (Fsp3) is 0.714. The zero-order valence-corrected chi connectivity index (χ0v) is 11.2. The van der Waals surface area contributed by atoms with Crippen molar-refractivity contribution in [2.45, 2.75) is 26.3 Å². The Hall–Kier alpha value is -0.800. The normalized spacial score (nSPS) is 18.7. The minimum absolute atomic E-state index is 0.744. The van der Waals surface area contributed by atoms with Crippen LogP contribution in [0.4, 0.5) is 0 Å². The molecule has 2 heterocycles. The summed E-state index contributed by atoms with van der Waals surface area (Å²) in [7, 11) is 2.10. The van der Waals surface area contributed by atoms with E-state index in [2.05, 4.69) is 47.1 Å². The van der Waals surface area contributed by atoms with E-state index in [9.17, 15) is 0 Å². The first-order chi connectivity index (χ1) is 8.25. The van der Waals surface area contributed by atoms with Crippen molar-refractivity contribution in [2.75, 3.05) is 26.2 Å². The monoisotopic (exact) mass is 235 g/mol. The van der Waals surface area contributed by atoms with Gasteiger partial charge < -0.3 is 14.8 Å². The van der Waals surface area contributed by atoms with Gasteiger partial charge in [-0.15, -0.1) is 0 Å². The summed E-state index contributed by atoms with van der Waals surface area (Å²) >= 11 is 0. The molecule has 1 fully saturated rings. The van der Waals surface area contributed by atoms with Crippen molar-refractivity contribution in [2.24, 2.45) is 13.0 Å². The molecule has 0 aliphatic carbocycles. The average Bonchev–Trinajstić information content (AvgIpc) is 2.91. The van der Waals surface area contributed by atoms with Crippen molar-refractivity contribution in [3.05, 3.63) is 24.0 Å². The molecule has 1 aliphatic rings. The highest BCUT2D eigenvalue weighted by Crippen LogP contribution is 2.09. The van der Waals surface area contributed by atoms with Crippen molar-refractivity contribution in [3.8, 4) is 0 Å². The predicted octanol–water partition coefficient (Wildman–Crippen LogP) is 1.85. The molecular formula is C14H25N3. The number of aryl methyl sites for hydroxylation is 1. The van der Waals surface area contributed by atoms with Crippen LogP contribution in [0.3, 0.4) is 0 Å². The molecule has 1 unspecified atom stereocenters. The summed E-state index contributed by atoms with van der Waals surface area (Å²) in [5, 5.41) is 3.55. The molecule has 0 amide bonds. The number of aromatic nitrogens is 1. The standard InChI is InChI=1S/C14H25N3/c1-13(12-17-8-3-4-9-17)10-15-11-14-6-5-7-16(14)2/h5-7,13,15H,3-4,8-12H2,1-2H3. The Morgan fingerprint density at radius 1 is 1.35 bits per heavy atom. The van der Waals surface area contributed by atoms with E-state index in [1.807, 2.05) is 0 Å². The molecule has 1 aromatic rings. The van der Waals surface area contributed by atoms with E-state index < -0.39 is 0 Å². The molecule has 3 heteroatoms. The summed E-state index contributed by atoms with van der Waals surface area (Å²) in [5.74, 6) is 0.744. The van der Waals surface area contributed by atoms with Crippen LogP contribution in [0.5, 0.6) is 0 Å². The third-order valence-electron chi connectivity index (χ3n) is 3.62. The third-order valence-corrected chi connectivity index (χ3v) is 3.62. The number of rotatable bonds is 6. The highest BCUT2D eigenvalue weighted by Gasteiger charge is 2.14. The maximum Gasteiger partial charge on any atom is 0.0359 e. The van der Waals surface area contributed by atoms with Gasteiger partial charge in [0.2, 0.25) is 0 Å². The van der Waals surface area contributed by atoms with Crippen LogP contribution in [0.25, 0.3) is 0 Å². The van der Waals surface area contributed by atoms with Gasteiger partial charge in [-0.3, -0.25) is 0 Å². The van der Waals surface area contributed by atoms with Gasteiger partial charge in [0, 0.05) is 32.0 Å². The summed E-state index contributed by atoms with van der Waals surface area (Å²) in [5.41, 5.74) is 1.36. The van der Waals surface area contributed by atoms with Gasteiger partial charge in [0.1, 0.15) is 0 Å². The zero-order valence-electron chi connectivity index (χ0n) is 11.2. The molecule has 0 bridgehead atoms. The highest BCUT2D eigenvalue weighted by atomic mass is 15.1. The van der Waals surface area contributed by atoms with Crippen molar-refractivity contribution in [1.82, 2.24) is 14.8 Å². The lowest BCUT2D eigenvalue weighted by atomic mass is 10.1. The molecule has 1 saturated heterocycles. The van der Waals surface area contributed by atoms with Crippen molar-refractivity contribution in [1.29, 1.82) is 0 Å². The van der Waals surface area contributed by atoms with E-state index in [1.54, 1.807) is 0 Å². The summed E-state index contributed by atoms with van der Waals surface area (Å²) in [6.07, 6.45) is 4.89. The van der Waals surface area contributed by atoms with Crippen LogP contribution in [0.1, 0.15) is 25.5 Å². The average molecular weight is 235 g/mol. The van der Waals surface area contributed by atoms with Crippen LogP contribution in [0.15, 0.2) is 18.3 Å². The summed E-state index contributed by atoms with van der Waals surface area (Å²) in [6, 6.07) is 4.28. The third kappa shape index (κ3) is 3.86. The van der Waals surface area contributed by atoms with Gasteiger partial charge in [-0.05, 0) is 50.5 Å². The number of likely N-dealkylation sites (tertiary alicyclic amines) is 1. The SMILES string of the molecule is CC(CNCc1cccn1C)CN1CCCC1. The van der Waals surface area contributed by atoms with E-state index in [0.717, 1.165) is 19.0 Å². The number of hydrogen-bond acceptors (Lipinski definition) is 2. The van der Waals surface area contributed by atoms with Crippen LogP contribution in [0, 0.1) is 5.92 Å². The maximum atomic E-state index is 3.55. The second kappa shape index (κ2) is 6.22. The van der Waals surface area contributed by atoms with Gasteiger partial charge in [0.25, 0.3) is 0 Å². The van der Waals surface area contributed by atoms with Crippen LogP contribution in [-0.2, 0) is 13.6 Å². The molecular weight excluding hydrogens is 210 g/mol. The minimum Gasteiger partial charge on any atom is -0.353 e. The molecule has 17 heavy (non-hydrogen) atoms. The Bertz CT molecular complexity index is 326. The summed E-state index contributed by atoms with van der Waals surface area (Å²) in [6.45, 7) is 8.30. The molecule has 0 aromatic carbocycles. The topological polar surface area (TPSA) is 20.2 Å². The first-order valence-electron chi connectivity index (χ1n) is 6.79. The Morgan fingerprint density at radius 3 is 2.76 bits per heavy atom.